The number of aliphatic imine (C=N–C) groups is 1. The van der Waals surface area contributed by atoms with Gasteiger partial charge in [-0.15, -0.1) is 24.0 Å². The monoisotopic (exact) mass is 515 g/mol. The third-order valence-corrected chi connectivity index (χ3v) is 4.28. The number of aliphatic hydroxyl groups is 1. The number of guanidine groups is 1. The number of halogens is 1. The van der Waals surface area contributed by atoms with Gasteiger partial charge in [-0.3, -0.25) is 0 Å². The quantitative estimate of drug-likeness (QED) is 0.278. The van der Waals surface area contributed by atoms with Crippen LogP contribution in [-0.2, 0) is 12.1 Å². The van der Waals surface area contributed by atoms with Gasteiger partial charge in [0, 0.05) is 12.1 Å². The molecule has 29 heavy (non-hydrogen) atoms. The maximum atomic E-state index is 10.9. The number of hydrogen-bond acceptors (Lipinski definition) is 4. The summed E-state index contributed by atoms with van der Waals surface area (Å²) in [5, 5.41) is 17.3. The van der Waals surface area contributed by atoms with Gasteiger partial charge in [-0.25, -0.2) is 4.99 Å². The highest BCUT2D eigenvalue weighted by molar-refractivity contribution is 14.0. The Balaban J connectivity index is 0.00000420. The number of hydrogen-bond donors (Lipinski definition) is 3. The Kier molecular flexibility index (Phi) is 9.98. The lowest BCUT2D eigenvalue weighted by Crippen LogP contribution is -2.44. The highest BCUT2D eigenvalue weighted by atomic mass is 127. The van der Waals surface area contributed by atoms with Gasteiger partial charge in [-0.1, -0.05) is 12.1 Å². The Hall–Kier alpha value is -1.74. The molecule has 0 spiro atoms. The zero-order chi connectivity index (χ0) is 20.7. The molecular weight excluding hydrogens is 481 g/mol. The highest BCUT2D eigenvalue weighted by Crippen LogP contribution is 2.26. The Morgan fingerprint density at radius 3 is 2.38 bits per heavy atom. The van der Waals surface area contributed by atoms with Crippen LogP contribution in [0.3, 0.4) is 0 Å². The van der Waals surface area contributed by atoms with Crippen molar-refractivity contribution in [3.63, 3.8) is 0 Å². The standard InChI is InChI=1S/C22H33N3O3.HI/c1-7-23-21(24-13-18-8-10-19(11-9-18)27-15(2)3)25-14-22(6,26)20-12-16(4)28-17(20)5;/h8-12,15,26H,7,13-14H2,1-6H3,(H2,23,24,25);1H. The minimum Gasteiger partial charge on any atom is -0.491 e. The second kappa shape index (κ2) is 11.4. The molecule has 3 N–H and O–H groups in total. The second-order valence-electron chi connectivity index (χ2n) is 7.46. The molecule has 0 aliphatic rings. The number of rotatable bonds is 8. The van der Waals surface area contributed by atoms with Crippen molar-refractivity contribution in [2.24, 2.45) is 4.99 Å². The summed E-state index contributed by atoms with van der Waals surface area (Å²) in [6, 6.07) is 9.82. The van der Waals surface area contributed by atoms with E-state index in [2.05, 4.69) is 15.6 Å². The SMILES string of the molecule is CCNC(=NCc1ccc(OC(C)C)cc1)NCC(C)(O)c1cc(C)oc1C.I. The van der Waals surface area contributed by atoms with E-state index in [0.717, 1.165) is 34.9 Å². The lowest BCUT2D eigenvalue weighted by atomic mass is 9.96. The van der Waals surface area contributed by atoms with Crippen molar-refractivity contribution in [1.29, 1.82) is 0 Å². The van der Waals surface area contributed by atoms with Crippen LogP contribution in [0.1, 0.15) is 50.3 Å². The van der Waals surface area contributed by atoms with Gasteiger partial charge in [0.05, 0.1) is 19.2 Å². The first kappa shape index (κ1) is 25.3. The fraction of sp³-hybridized carbons (Fsp3) is 0.500. The van der Waals surface area contributed by atoms with E-state index in [1.807, 2.05) is 65.0 Å². The zero-order valence-electron chi connectivity index (χ0n) is 18.2. The van der Waals surface area contributed by atoms with Gasteiger partial charge in [0.1, 0.15) is 22.9 Å². The molecule has 1 heterocycles. The van der Waals surface area contributed by atoms with E-state index in [1.54, 1.807) is 6.92 Å². The van der Waals surface area contributed by atoms with Gasteiger partial charge in [-0.2, -0.15) is 0 Å². The van der Waals surface area contributed by atoms with Crippen LogP contribution in [-0.4, -0.2) is 30.3 Å². The number of benzene rings is 1. The second-order valence-corrected chi connectivity index (χ2v) is 7.46. The highest BCUT2D eigenvalue weighted by Gasteiger charge is 2.27. The van der Waals surface area contributed by atoms with Gasteiger partial charge in [0.25, 0.3) is 0 Å². The van der Waals surface area contributed by atoms with Gasteiger partial charge in [0.2, 0.25) is 0 Å². The summed E-state index contributed by atoms with van der Waals surface area (Å²) in [6.45, 7) is 13.1. The molecule has 0 saturated carbocycles. The molecule has 0 radical (unpaired) electrons. The van der Waals surface area contributed by atoms with E-state index in [1.165, 1.54) is 0 Å². The fourth-order valence-electron chi connectivity index (χ4n) is 2.97. The lowest BCUT2D eigenvalue weighted by Gasteiger charge is -2.24. The van der Waals surface area contributed by atoms with Crippen LogP contribution < -0.4 is 15.4 Å². The number of aryl methyl sites for hydroxylation is 2. The molecule has 0 aliphatic heterocycles. The fourth-order valence-corrected chi connectivity index (χ4v) is 2.97. The Morgan fingerprint density at radius 1 is 1.21 bits per heavy atom. The average Bonchev–Trinajstić information content (AvgIpc) is 2.97. The number of ether oxygens (including phenoxy) is 1. The van der Waals surface area contributed by atoms with E-state index >= 15 is 0 Å². The summed E-state index contributed by atoms with van der Waals surface area (Å²) in [4.78, 5) is 4.62. The summed E-state index contributed by atoms with van der Waals surface area (Å²) in [7, 11) is 0. The number of nitrogens with zero attached hydrogens (tertiary/aromatic N) is 1. The summed E-state index contributed by atoms with van der Waals surface area (Å²) in [5.41, 5.74) is 0.809. The van der Waals surface area contributed by atoms with Crippen LogP contribution in [0.5, 0.6) is 5.75 Å². The van der Waals surface area contributed by atoms with Crippen molar-refractivity contribution in [2.75, 3.05) is 13.1 Å². The molecule has 7 heteroatoms. The van der Waals surface area contributed by atoms with E-state index < -0.39 is 5.60 Å². The molecule has 0 fully saturated rings. The molecular formula is C22H34IN3O3. The van der Waals surface area contributed by atoms with Crippen LogP contribution in [0.4, 0.5) is 0 Å². The van der Waals surface area contributed by atoms with Gasteiger partial charge >= 0.3 is 0 Å². The minimum atomic E-state index is -1.06. The summed E-state index contributed by atoms with van der Waals surface area (Å²) in [5.74, 6) is 3.03. The number of furan rings is 1. The van der Waals surface area contributed by atoms with Crippen LogP contribution in [0, 0.1) is 13.8 Å². The molecule has 0 amide bonds. The first-order valence-corrected chi connectivity index (χ1v) is 9.79. The van der Waals surface area contributed by atoms with Gasteiger partial charge < -0.3 is 24.9 Å². The van der Waals surface area contributed by atoms with Gasteiger partial charge in [0.15, 0.2) is 5.96 Å². The minimum absolute atomic E-state index is 0. The topological polar surface area (TPSA) is 79.0 Å². The molecule has 2 rings (SSSR count). The van der Waals surface area contributed by atoms with E-state index in [0.29, 0.717) is 19.0 Å². The largest absolute Gasteiger partial charge is 0.491 e. The maximum Gasteiger partial charge on any atom is 0.191 e. The normalized spacial score (nSPS) is 13.6. The average molecular weight is 515 g/mol. The van der Waals surface area contributed by atoms with Crippen LogP contribution in [0.2, 0.25) is 0 Å². The Labute approximate surface area is 191 Å². The molecule has 1 aromatic carbocycles. The molecule has 0 saturated heterocycles. The predicted molar refractivity (Wildman–Crippen MR) is 128 cm³/mol. The van der Waals surface area contributed by atoms with Crippen LogP contribution in [0.15, 0.2) is 39.7 Å². The molecule has 162 valence electrons. The molecule has 2 aromatic rings. The lowest BCUT2D eigenvalue weighted by molar-refractivity contribution is 0.0601. The molecule has 0 aliphatic carbocycles. The van der Waals surface area contributed by atoms with Crippen molar-refractivity contribution in [2.45, 2.75) is 59.8 Å². The smallest absolute Gasteiger partial charge is 0.191 e. The predicted octanol–water partition coefficient (Wildman–Crippen LogP) is 4.26. The zero-order valence-corrected chi connectivity index (χ0v) is 20.5. The summed E-state index contributed by atoms with van der Waals surface area (Å²) in [6.07, 6.45) is 0.156. The van der Waals surface area contributed by atoms with Crippen LogP contribution >= 0.6 is 24.0 Å². The molecule has 1 unspecified atom stereocenters. The summed E-state index contributed by atoms with van der Waals surface area (Å²) >= 11 is 0. The first-order chi connectivity index (χ1) is 13.2. The molecule has 6 nitrogen and oxygen atoms in total. The molecule has 0 bridgehead atoms. The Bertz CT molecular complexity index is 783. The third-order valence-electron chi connectivity index (χ3n) is 4.28. The third kappa shape index (κ3) is 7.89. The molecule has 1 aromatic heterocycles. The number of nitrogens with one attached hydrogen (secondary N) is 2. The Morgan fingerprint density at radius 2 is 1.86 bits per heavy atom. The first-order valence-electron chi connectivity index (χ1n) is 9.79. The van der Waals surface area contributed by atoms with Crippen molar-refractivity contribution in [1.82, 2.24) is 10.6 Å². The van der Waals surface area contributed by atoms with Crippen molar-refractivity contribution in [3.05, 3.63) is 53.0 Å². The van der Waals surface area contributed by atoms with E-state index in [4.69, 9.17) is 9.15 Å². The van der Waals surface area contributed by atoms with E-state index in [-0.39, 0.29) is 30.1 Å². The van der Waals surface area contributed by atoms with Crippen molar-refractivity contribution >= 4 is 29.9 Å². The van der Waals surface area contributed by atoms with Crippen molar-refractivity contribution in [3.8, 4) is 5.75 Å². The van der Waals surface area contributed by atoms with Gasteiger partial charge in [-0.05, 0) is 65.3 Å². The molecule has 1 atom stereocenters. The van der Waals surface area contributed by atoms with Crippen LogP contribution in [0.25, 0.3) is 0 Å². The maximum absolute atomic E-state index is 10.9. The summed E-state index contributed by atoms with van der Waals surface area (Å²) < 4.78 is 11.2. The van der Waals surface area contributed by atoms with Crippen molar-refractivity contribution < 1.29 is 14.3 Å². The van der Waals surface area contributed by atoms with E-state index in [9.17, 15) is 5.11 Å².